The first-order chi connectivity index (χ1) is 13.6. The molecule has 2 aliphatic heterocycles. The average Bonchev–Trinajstić information content (AvgIpc) is 2.73. The molecule has 0 N–H and O–H groups in total. The fourth-order valence-electron chi connectivity index (χ4n) is 4.03. The normalized spacial score (nSPS) is 18.1. The second-order valence-corrected chi connectivity index (χ2v) is 7.83. The summed E-state index contributed by atoms with van der Waals surface area (Å²) in [5.74, 6) is 1.49. The van der Waals surface area contributed by atoms with Gasteiger partial charge in [-0.25, -0.2) is 9.97 Å². The van der Waals surface area contributed by atoms with Crippen LogP contribution in [0.2, 0.25) is 0 Å². The predicted octanol–water partition coefficient (Wildman–Crippen LogP) is 1.42. The van der Waals surface area contributed by atoms with Gasteiger partial charge in [0.15, 0.2) is 0 Å². The van der Waals surface area contributed by atoms with Gasteiger partial charge in [-0.1, -0.05) is 6.07 Å². The lowest BCUT2D eigenvalue weighted by atomic mass is 9.95. The van der Waals surface area contributed by atoms with Crippen molar-refractivity contribution < 1.29 is 4.79 Å². The number of carbonyl (C=O) groups excluding carboxylic acids is 1. The summed E-state index contributed by atoms with van der Waals surface area (Å²) in [5, 5.41) is 0. The van der Waals surface area contributed by atoms with Crippen LogP contribution >= 0.6 is 0 Å². The number of hydrogen-bond acceptors (Lipinski definition) is 5. The molecule has 1 amide bonds. The second kappa shape index (κ2) is 8.22. The number of piperidine rings is 1. The lowest BCUT2D eigenvalue weighted by Crippen LogP contribution is -2.37. The number of hydrogen-bond donors (Lipinski definition) is 0. The van der Waals surface area contributed by atoms with E-state index in [1.54, 1.807) is 16.8 Å². The molecule has 0 aromatic carbocycles. The number of nitrogens with zero attached hydrogens (tertiary/aromatic N) is 5. The number of likely N-dealkylation sites (tertiary alicyclic amines) is 1. The van der Waals surface area contributed by atoms with E-state index < -0.39 is 0 Å². The van der Waals surface area contributed by atoms with Gasteiger partial charge < -0.3 is 14.4 Å². The third-order valence-corrected chi connectivity index (χ3v) is 5.85. The lowest BCUT2D eigenvalue weighted by Gasteiger charge is -2.30. The van der Waals surface area contributed by atoms with Crippen molar-refractivity contribution in [2.75, 3.05) is 26.7 Å². The molecule has 1 saturated heterocycles. The van der Waals surface area contributed by atoms with Crippen molar-refractivity contribution in [1.29, 1.82) is 0 Å². The summed E-state index contributed by atoms with van der Waals surface area (Å²) in [6.07, 6.45) is 6.95. The van der Waals surface area contributed by atoms with Crippen LogP contribution in [-0.4, -0.2) is 56.9 Å². The van der Waals surface area contributed by atoms with Gasteiger partial charge >= 0.3 is 0 Å². The Labute approximate surface area is 165 Å². The van der Waals surface area contributed by atoms with Crippen LogP contribution in [0.5, 0.6) is 0 Å². The molecule has 28 heavy (non-hydrogen) atoms. The van der Waals surface area contributed by atoms with E-state index in [0.29, 0.717) is 32.0 Å². The van der Waals surface area contributed by atoms with Crippen molar-refractivity contribution in [3.63, 3.8) is 0 Å². The van der Waals surface area contributed by atoms with Crippen molar-refractivity contribution >= 4 is 5.91 Å². The van der Waals surface area contributed by atoms with Crippen molar-refractivity contribution in [3.05, 3.63) is 58.0 Å². The van der Waals surface area contributed by atoms with Gasteiger partial charge in [0.05, 0.1) is 5.69 Å². The van der Waals surface area contributed by atoms with Crippen LogP contribution in [0.25, 0.3) is 0 Å². The molecule has 1 fully saturated rings. The molecule has 0 atom stereocenters. The first kappa shape index (κ1) is 18.8. The van der Waals surface area contributed by atoms with E-state index in [-0.39, 0.29) is 11.5 Å². The van der Waals surface area contributed by atoms with Crippen LogP contribution in [0.15, 0.2) is 35.4 Å². The van der Waals surface area contributed by atoms with Crippen LogP contribution in [0, 0.1) is 0 Å². The summed E-state index contributed by atoms with van der Waals surface area (Å²) < 4.78 is 1.58. The summed E-state index contributed by atoms with van der Waals surface area (Å²) in [5.41, 5.74) is 2.06. The van der Waals surface area contributed by atoms with Gasteiger partial charge in [0.1, 0.15) is 5.82 Å². The van der Waals surface area contributed by atoms with Crippen LogP contribution in [-0.2, 0) is 24.3 Å². The molecule has 148 valence electrons. The van der Waals surface area contributed by atoms with Gasteiger partial charge in [-0.3, -0.25) is 9.59 Å². The number of aryl methyl sites for hydroxylation is 1. The van der Waals surface area contributed by atoms with Gasteiger partial charge in [0.25, 0.3) is 5.56 Å². The monoisotopic (exact) mass is 381 g/mol. The zero-order chi connectivity index (χ0) is 19.5. The zero-order valence-corrected chi connectivity index (χ0v) is 16.4. The van der Waals surface area contributed by atoms with Crippen molar-refractivity contribution in [2.45, 2.75) is 44.7 Å². The number of carbonyl (C=O) groups is 1. The molecule has 4 rings (SSSR count). The quantitative estimate of drug-likeness (QED) is 0.801. The SMILES string of the molecule is CN1CCC(c2ncc3c(n2)CCN(C(=O)CCn2ccccc2=O)C3)CC1. The third-order valence-electron chi connectivity index (χ3n) is 5.85. The van der Waals surface area contributed by atoms with Gasteiger partial charge in [-0.15, -0.1) is 0 Å². The maximum Gasteiger partial charge on any atom is 0.250 e. The smallest absolute Gasteiger partial charge is 0.250 e. The van der Waals surface area contributed by atoms with Crippen LogP contribution in [0.1, 0.15) is 42.3 Å². The fourth-order valence-corrected chi connectivity index (χ4v) is 4.03. The molecule has 0 saturated carbocycles. The number of amides is 1. The van der Waals surface area contributed by atoms with E-state index in [1.165, 1.54) is 6.07 Å². The Kier molecular flexibility index (Phi) is 5.52. The topological polar surface area (TPSA) is 71.3 Å². The average molecular weight is 381 g/mol. The summed E-state index contributed by atoms with van der Waals surface area (Å²) in [6, 6.07) is 5.03. The predicted molar refractivity (Wildman–Crippen MR) is 106 cm³/mol. The van der Waals surface area contributed by atoms with Crippen LogP contribution in [0.3, 0.4) is 0 Å². The standard InChI is InChI=1S/C21H27N5O2/c1-24-10-5-16(6-11-24)21-22-14-17-15-26(12-7-18(17)23-21)20(28)8-13-25-9-3-2-4-19(25)27/h2-4,9,14,16H,5-8,10-13,15H2,1H3. The molecule has 2 aromatic heterocycles. The molecular formula is C21H27N5O2. The third kappa shape index (κ3) is 4.14. The number of fused-ring (bicyclic) bond motifs is 1. The van der Waals surface area contributed by atoms with Gasteiger partial charge in [0, 0.05) is 62.4 Å². The maximum atomic E-state index is 12.6. The summed E-state index contributed by atoms with van der Waals surface area (Å²) in [4.78, 5) is 38.1. The molecule has 0 radical (unpaired) electrons. The van der Waals surface area contributed by atoms with Crippen LogP contribution in [0.4, 0.5) is 0 Å². The van der Waals surface area contributed by atoms with Crippen LogP contribution < -0.4 is 5.56 Å². The highest BCUT2D eigenvalue weighted by Crippen LogP contribution is 2.26. The van der Waals surface area contributed by atoms with E-state index in [2.05, 4.69) is 16.9 Å². The first-order valence-corrected chi connectivity index (χ1v) is 10.1. The summed E-state index contributed by atoms with van der Waals surface area (Å²) in [7, 11) is 2.16. The van der Waals surface area contributed by atoms with E-state index >= 15 is 0 Å². The first-order valence-electron chi connectivity index (χ1n) is 10.1. The summed E-state index contributed by atoms with van der Waals surface area (Å²) in [6.45, 7) is 3.84. The number of pyridine rings is 1. The molecule has 7 heteroatoms. The number of rotatable bonds is 4. The highest BCUT2D eigenvalue weighted by Gasteiger charge is 2.25. The maximum absolute atomic E-state index is 12.6. The van der Waals surface area contributed by atoms with E-state index in [1.807, 2.05) is 17.2 Å². The largest absolute Gasteiger partial charge is 0.338 e. The summed E-state index contributed by atoms with van der Waals surface area (Å²) >= 11 is 0. The Morgan fingerprint density at radius 1 is 1.21 bits per heavy atom. The minimum atomic E-state index is -0.0749. The van der Waals surface area contributed by atoms with Gasteiger partial charge in [-0.2, -0.15) is 0 Å². The molecule has 2 aliphatic rings. The minimum absolute atomic E-state index is 0.0702. The Morgan fingerprint density at radius 3 is 2.82 bits per heavy atom. The Morgan fingerprint density at radius 2 is 2.04 bits per heavy atom. The highest BCUT2D eigenvalue weighted by atomic mass is 16.2. The van der Waals surface area contributed by atoms with E-state index in [4.69, 9.17) is 4.98 Å². The van der Waals surface area contributed by atoms with E-state index in [9.17, 15) is 9.59 Å². The molecule has 4 heterocycles. The molecule has 0 aliphatic carbocycles. The molecule has 0 unspecified atom stereocenters. The van der Waals surface area contributed by atoms with Gasteiger partial charge in [0.2, 0.25) is 5.91 Å². The Balaban J connectivity index is 1.37. The van der Waals surface area contributed by atoms with E-state index in [0.717, 1.165) is 49.4 Å². The van der Waals surface area contributed by atoms with Crippen molar-refractivity contribution in [3.8, 4) is 0 Å². The molecule has 2 aromatic rings. The van der Waals surface area contributed by atoms with Crippen molar-refractivity contribution in [1.82, 2.24) is 24.3 Å². The molecule has 0 bridgehead atoms. The highest BCUT2D eigenvalue weighted by molar-refractivity contribution is 5.76. The lowest BCUT2D eigenvalue weighted by molar-refractivity contribution is -0.132. The minimum Gasteiger partial charge on any atom is -0.338 e. The second-order valence-electron chi connectivity index (χ2n) is 7.83. The number of aromatic nitrogens is 3. The van der Waals surface area contributed by atoms with Gasteiger partial charge in [-0.05, 0) is 39.0 Å². The molecule has 7 nitrogen and oxygen atoms in total. The fraction of sp³-hybridized carbons (Fsp3) is 0.524. The molecule has 0 spiro atoms. The van der Waals surface area contributed by atoms with Crippen molar-refractivity contribution in [2.24, 2.45) is 0 Å². The molecular weight excluding hydrogens is 354 g/mol. The zero-order valence-electron chi connectivity index (χ0n) is 16.4. The Bertz CT molecular complexity index is 902. The Hall–Kier alpha value is -2.54.